The molecule has 13 heteroatoms. The lowest BCUT2D eigenvalue weighted by molar-refractivity contribution is -0.130. The van der Waals surface area contributed by atoms with Gasteiger partial charge in [-0.1, -0.05) is 33.4 Å². The van der Waals surface area contributed by atoms with Crippen molar-refractivity contribution in [3.05, 3.63) is 77.0 Å². The molecule has 3 aromatic heterocycles. The summed E-state index contributed by atoms with van der Waals surface area (Å²) in [5.41, 5.74) is -1.74. The Bertz CT molecular complexity index is 1970. The van der Waals surface area contributed by atoms with Crippen LogP contribution in [0.1, 0.15) is 33.4 Å². The van der Waals surface area contributed by atoms with E-state index in [2.05, 4.69) is 21.5 Å². The maximum atomic E-state index is 16.1. The molecule has 2 aliphatic heterocycles. The van der Waals surface area contributed by atoms with E-state index in [-0.39, 0.29) is 47.2 Å². The topological polar surface area (TPSA) is 125 Å². The number of nitrogens with zero attached hydrogens (tertiary/aromatic N) is 7. The highest BCUT2D eigenvalue weighted by Gasteiger charge is 2.46. The number of phenolic OH excluding ortho intramolecular Hbond substituents is 1. The molecule has 1 saturated heterocycles. The molecule has 4 aromatic rings. The number of likely N-dealkylation sites (N-methyl/N-ethyl adjacent to an activating group) is 1. The van der Waals surface area contributed by atoms with Crippen LogP contribution >= 0.6 is 0 Å². The molecule has 2 atom stereocenters. The quantitative estimate of drug-likeness (QED) is 0.346. The third-order valence-corrected chi connectivity index (χ3v) is 8.32. The van der Waals surface area contributed by atoms with Crippen LogP contribution in [0.15, 0.2) is 54.1 Å². The number of piperazine rings is 1. The fourth-order valence-corrected chi connectivity index (χ4v) is 6.18. The molecular weight excluding hydrogens is 584 g/mol. The van der Waals surface area contributed by atoms with Crippen molar-refractivity contribution in [3.63, 3.8) is 0 Å². The Hall–Kier alpha value is -5.20. The Morgan fingerprint density at radius 2 is 1.80 bits per heavy atom. The van der Waals surface area contributed by atoms with E-state index >= 15 is 8.78 Å². The molecule has 5 heterocycles. The van der Waals surface area contributed by atoms with E-state index in [1.54, 1.807) is 11.8 Å². The van der Waals surface area contributed by atoms with Crippen molar-refractivity contribution in [2.75, 3.05) is 29.9 Å². The number of aromatic nitrogens is 4. The number of aromatic hydroxyl groups is 1. The highest BCUT2D eigenvalue weighted by molar-refractivity contribution is 6.12. The molecule has 1 fully saturated rings. The van der Waals surface area contributed by atoms with Gasteiger partial charge in [0.2, 0.25) is 5.91 Å². The average Bonchev–Trinajstić information content (AvgIpc) is 2.99. The van der Waals surface area contributed by atoms with Gasteiger partial charge in [0.05, 0.1) is 23.5 Å². The van der Waals surface area contributed by atoms with Crippen LogP contribution in [0.25, 0.3) is 28.1 Å². The first-order chi connectivity index (χ1) is 21.3. The summed E-state index contributed by atoms with van der Waals surface area (Å²) in [6.45, 7) is 11.2. The van der Waals surface area contributed by atoms with Crippen LogP contribution in [0.3, 0.4) is 0 Å². The fourth-order valence-electron chi connectivity index (χ4n) is 6.18. The van der Waals surface area contributed by atoms with Gasteiger partial charge in [0.15, 0.2) is 17.3 Å². The van der Waals surface area contributed by atoms with E-state index in [1.807, 2.05) is 20.8 Å². The number of halogens is 2. The fraction of sp³-hybridized carbons (Fsp3) is 0.312. The molecule has 6 rings (SSSR count). The molecule has 2 amide bonds. The number of carbonyl (C=O) groups excluding carboxylic acids is 2. The molecule has 0 bridgehead atoms. The van der Waals surface area contributed by atoms with Crippen molar-refractivity contribution in [3.8, 4) is 22.8 Å². The number of benzene rings is 1. The van der Waals surface area contributed by atoms with Gasteiger partial charge in [0.1, 0.15) is 29.0 Å². The lowest BCUT2D eigenvalue weighted by atomic mass is 9.91. The first kappa shape index (κ1) is 29.9. The minimum absolute atomic E-state index is 0.00857. The summed E-state index contributed by atoms with van der Waals surface area (Å²) in [5.74, 6) is -3.09. The smallest absolute Gasteiger partial charge is 0.284 e. The minimum Gasteiger partial charge on any atom is -0.507 e. The Labute approximate surface area is 257 Å². The number of pyridine rings is 2. The third-order valence-electron chi connectivity index (χ3n) is 8.32. The van der Waals surface area contributed by atoms with Gasteiger partial charge in [-0.25, -0.2) is 23.3 Å². The number of rotatable bonds is 3. The lowest BCUT2D eigenvalue weighted by Gasteiger charge is -2.49. The van der Waals surface area contributed by atoms with Gasteiger partial charge in [0, 0.05) is 42.8 Å². The van der Waals surface area contributed by atoms with E-state index in [0.29, 0.717) is 5.69 Å². The molecule has 2 aliphatic rings. The average molecular weight is 616 g/mol. The Kier molecular flexibility index (Phi) is 6.94. The van der Waals surface area contributed by atoms with Crippen molar-refractivity contribution in [2.24, 2.45) is 0 Å². The van der Waals surface area contributed by atoms with E-state index in [4.69, 9.17) is 0 Å². The van der Waals surface area contributed by atoms with E-state index in [1.165, 1.54) is 47.4 Å². The van der Waals surface area contributed by atoms with Crippen LogP contribution in [-0.2, 0) is 15.0 Å². The van der Waals surface area contributed by atoms with Crippen LogP contribution in [-0.4, -0.2) is 73.6 Å². The summed E-state index contributed by atoms with van der Waals surface area (Å²) in [7, 11) is 1.45. The zero-order valence-electron chi connectivity index (χ0n) is 25.4. The first-order valence-corrected chi connectivity index (χ1v) is 14.3. The van der Waals surface area contributed by atoms with Crippen LogP contribution in [0.5, 0.6) is 5.75 Å². The lowest BCUT2D eigenvalue weighted by Crippen LogP contribution is -2.66. The number of phenols is 1. The van der Waals surface area contributed by atoms with Gasteiger partial charge in [-0.05, 0) is 31.2 Å². The van der Waals surface area contributed by atoms with Gasteiger partial charge < -0.3 is 19.8 Å². The second-order valence-corrected chi connectivity index (χ2v) is 12.2. The molecule has 232 valence electrons. The van der Waals surface area contributed by atoms with Crippen LogP contribution in [0, 0.1) is 11.6 Å². The van der Waals surface area contributed by atoms with Crippen molar-refractivity contribution >= 4 is 34.2 Å². The van der Waals surface area contributed by atoms with Crippen LogP contribution in [0.4, 0.5) is 20.2 Å². The molecule has 0 spiro atoms. The zero-order valence-corrected chi connectivity index (χ0v) is 25.4. The molecule has 45 heavy (non-hydrogen) atoms. The minimum atomic E-state index is -0.963. The second kappa shape index (κ2) is 10.5. The molecule has 1 aromatic carbocycles. The number of hydrogen-bond donors (Lipinski definition) is 1. The molecule has 0 unspecified atom stereocenters. The first-order valence-electron chi connectivity index (χ1n) is 14.3. The molecule has 0 radical (unpaired) electrons. The van der Waals surface area contributed by atoms with E-state index < -0.39 is 57.6 Å². The molecule has 0 saturated carbocycles. The van der Waals surface area contributed by atoms with E-state index in [9.17, 15) is 19.5 Å². The van der Waals surface area contributed by atoms with Crippen LogP contribution in [0.2, 0.25) is 0 Å². The summed E-state index contributed by atoms with van der Waals surface area (Å²) < 4.78 is 32.3. The highest BCUT2D eigenvalue weighted by Crippen LogP contribution is 2.43. The van der Waals surface area contributed by atoms with Gasteiger partial charge in [-0.3, -0.25) is 19.4 Å². The maximum absolute atomic E-state index is 16.1. The SMILES string of the molecule is C=CC(=O)N1C[C@@H]2C(=O)N(C)c3c(c4cc(F)c(-c5c(O)cccc5F)nc4n(-c4nccnc4C(C)(C)C)c3=O)N2C[C@H]1C. The standard InChI is InChI=1S/C32H31F2N7O4/c1-7-22(43)39-15-20-30(44)38(6)26-25(40(20)14-16(39)2)17-13-19(34)24(23-18(33)9-8-10-21(23)42)37-28(17)41(31(26)45)29-27(32(3,4)5)35-11-12-36-29/h7-13,16,20,42H,1,14-15H2,2-6H3/t16-,20-/m1/s1. The maximum Gasteiger partial charge on any atom is 0.284 e. The predicted octanol–water partition coefficient (Wildman–Crippen LogP) is 3.69. The summed E-state index contributed by atoms with van der Waals surface area (Å²) in [6, 6.07) is 3.39. The Morgan fingerprint density at radius 3 is 2.47 bits per heavy atom. The zero-order chi connectivity index (χ0) is 32.5. The van der Waals surface area contributed by atoms with Crippen molar-refractivity contribution in [1.82, 2.24) is 24.4 Å². The second-order valence-electron chi connectivity index (χ2n) is 12.2. The van der Waals surface area contributed by atoms with Crippen molar-refractivity contribution < 1.29 is 23.5 Å². The van der Waals surface area contributed by atoms with Gasteiger partial charge in [0.25, 0.3) is 11.5 Å². The predicted molar refractivity (Wildman–Crippen MR) is 165 cm³/mol. The molecule has 1 N–H and O–H groups in total. The summed E-state index contributed by atoms with van der Waals surface area (Å²) in [6.07, 6.45) is 4.06. The molecule has 11 nitrogen and oxygen atoms in total. The number of carbonyl (C=O) groups is 2. The highest BCUT2D eigenvalue weighted by atomic mass is 19.1. The monoisotopic (exact) mass is 615 g/mol. The van der Waals surface area contributed by atoms with Crippen LogP contribution < -0.4 is 15.4 Å². The number of hydrogen-bond acceptors (Lipinski definition) is 8. The summed E-state index contributed by atoms with van der Waals surface area (Å²) in [5, 5.41) is 10.7. The third kappa shape index (κ3) is 4.52. The Balaban J connectivity index is 1.75. The Morgan fingerprint density at radius 1 is 1.09 bits per heavy atom. The van der Waals surface area contributed by atoms with Gasteiger partial charge in [-0.15, -0.1) is 0 Å². The van der Waals surface area contributed by atoms with Crippen molar-refractivity contribution in [1.29, 1.82) is 0 Å². The number of anilines is 2. The van der Waals surface area contributed by atoms with Gasteiger partial charge in [-0.2, -0.15) is 0 Å². The summed E-state index contributed by atoms with van der Waals surface area (Å²) in [4.78, 5) is 59.0. The van der Waals surface area contributed by atoms with Gasteiger partial charge >= 0.3 is 0 Å². The largest absolute Gasteiger partial charge is 0.507 e. The van der Waals surface area contributed by atoms with E-state index in [0.717, 1.165) is 16.7 Å². The summed E-state index contributed by atoms with van der Waals surface area (Å²) >= 11 is 0. The number of amides is 2. The number of fused-ring (bicyclic) bond motifs is 5. The normalized spacial score (nSPS) is 18.2. The molecule has 0 aliphatic carbocycles. The van der Waals surface area contributed by atoms with Crippen molar-refractivity contribution in [2.45, 2.75) is 45.2 Å². The molecular formula is C32H31F2N7O4.